The van der Waals surface area contributed by atoms with E-state index in [1.807, 2.05) is 5.32 Å². The SMILES string of the molecule is [2H]C([2H])([2H])NC(=O)c1ccc(Nc2ncc(C(F)(F)F)c(NCc3nccnc3N(C)S(C)(=O)=O)n2)cc1. The molecule has 186 valence electrons. The molecule has 1 aromatic carbocycles. The van der Waals surface area contributed by atoms with Gasteiger partial charge in [-0.25, -0.2) is 18.4 Å². The number of anilines is 4. The van der Waals surface area contributed by atoms with Crippen molar-refractivity contribution in [2.75, 3.05) is 35.2 Å². The van der Waals surface area contributed by atoms with Crippen LogP contribution < -0.4 is 20.3 Å². The van der Waals surface area contributed by atoms with Crippen LogP contribution in [0, 0.1) is 0 Å². The quantitative estimate of drug-likeness (QED) is 0.414. The van der Waals surface area contributed by atoms with Gasteiger partial charge in [-0.15, -0.1) is 0 Å². The van der Waals surface area contributed by atoms with Crippen LogP contribution in [0.2, 0.25) is 0 Å². The first-order valence-corrected chi connectivity index (χ1v) is 11.5. The Labute approximate surface area is 203 Å². The molecule has 3 aromatic rings. The van der Waals surface area contributed by atoms with Crippen LogP contribution in [-0.2, 0) is 22.7 Å². The third kappa shape index (κ3) is 6.32. The van der Waals surface area contributed by atoms with E-state index in [4.69, 9.17) is 4.11 Å². The molecule has 35 heavy (non-hydrogen) atoms. The summed E-state index contributed by atoms with van der Waals surface area (Å²) < 4.78 is 86.7. The molecular weight excluding hydrogens is 489 g/mol. The summed E-state index contributed by atoms with van der Waals surface area (Å²) in [5.41, 5.74) is -0.789. The number of rotatable bonds is 8. The second kappa shape index (κ2) is 10.1. The smallest absolute Gasteiger partial charge is 0.364 e. The van der Waals surface area contributed by atoms with Gasteiger partial charge in [0.2, 0.25) is 16.0 Å². The highest BCUT2D eigenvalue weighted by atomic mass is 32.2. The van der Waals surface area contributed by atoms with Crippen LogP contribution in [0.5, 0.6) is 0 Å². The normalized spacial score (nSPS) is 13.2. The fourth-order valence-electron chi connectivity index (χ4n) is 2.76. The number of sulfonamides is 1. The number of carbonyl (C=O) groups is 1. The predicted octanol–water partition coefficient (Wildman–Crippen LogP) is 2.40. The summed E-state index contributed by atoms with van der Waals surface area (Å²) in [6.45, 7) is -3.02. The van der Waals surface area contributed by atoms with E-state index in [0.29, 0.717) is 11.9 Å². The van der Waals surface area contributed by atoms with E-state index in [-0.39, 0.29) is 29.6 Å². The first-order chi connectivity index (χ1) is 17.5. The number of nitrogens with zero attached hydrogens (tertiary/aromatic N) is 5. The minimum absolute atomic E-state index is 0.0428. The van der Waals surface area contributed by atoms with Crippen LogP contribution in [0.3, 0.4) is 0 Å². The number of hydrogen-bond donors (Lipinski definition) is 3. The van der Waals surface area contributed by atoms with E-state index in [9.17, 15) is 26.4 Å². The Bertz CT molecular complexity index is 1420. The Morgan fingerprint density at radius 1 is 1.14 bits per heavy atom. The number of hydrogen-bond acceptors (Lipinski definition) is 9. The lowest BCUT2D eigenvalue weighted by atomic mass is 10.2. The Morgan fingerprint density at radius 2 is 1.83 bits per heavy atom. The summed E-state index contributed by atoms with van der Waals surface area (Å²) in [6, 6.07) is 5.38. The van der Waals surface area contributed by atoms with Gasteiger partial charge in [0.1, 0.15) is 17.1 Å². The highest BCUT2D eigenvalue weighted by molar-refractivity contribution is 7.92. The van der Waals surface area contributed by atoms with Crippen LogP contribution >= 0.6 is 0 Å². The molecule has 0 aliphatic rings. The highest BCUT2D eigenvalue weighted by Gasteiger charge is 2.35. The molecule has 0 unspecified atom stereocenters. The summed E-state index contributed by atoms with van der Waals surface area (Å²) in [5, 5.41) is 7.04. The molecule has 3 N–H and O–H groups in total. The molecule has 2 heterocycles. The van der Waals surface area contributed by atoms with E-state index < -0.39 is 40.5 Å². The van der Waals surface area contributed by atoms with Crippen molar-refractivity contribution in [3.63, 3.8) is 0 Å². The summed E-state index contributed by atoms with van der Waals surface area (Å²) >= 11 is 0. The van der Waals surface area contributed by atoms with Crippen LogP contribution in [0.4, 0.5) is 36.4 Å². The van der Waals surface area contributed by atoms with E-state index in [2.05, 4.69) is 30.6 Å². The summed E-state index contributed by atoms with van der Waals surface area (Å²) in [6.07, 6.45) is -0.804. The number of amides is 1. The number of halogens is 3. The first kappa shape index (κ1) is 21.5. The van der Waals surface area contributed by atoms with Crippen LogP contribution in [0.15, 0.2) is 42.9 Å². The number of alkyl halides is 3. The standard InChI is InChI=1S/C20H21F3N8O3S/c1-24-18(32)12-4-6-13(7-5-12)29-19-28-10-14(20(21,22)23)16(30-19)27-11-15-17(26-9-8-25-15)31(2)35(3,33)34/h4-10H,11H2,1-3H3,(H,24,32)(H2,27,28,29,30)/i1D3. The fourth-order valence-corrected chi connectivity index (χ4v) is 3.23. The summed E-state index contributed by atoms with van der Waals surface area (Å²) in [4.78, 5) is 27.5. The van der Waals surface area contributed by atoms with Crippen LogP contribution in [0.25, 0.3) is 0 Å². The molecule has 0 saturated carbocycles. The average molecular weight is 514 g/mol. The lowest BCUT2D eigenvalue weighted by Gasteiger charge is -2.19. The monoisotopic (exact) mass is 513 g/mol. The van der Waals surface area contributed by atoms with E-state index >= 15 is 0 Å². The molecular formula is C20H21F3N8O3S. The predicted molar refractivity (Wildman–Crippen MR) is 123 cm³/mol. The number of aromatic nitrogens is 4. The maximum atomic E-state index is 13.6. The Kier molecular flexibility index (Phi) is 6.20. The zero-order chi connectivity index (χ0) is 28.3. The van der Waals surface area contributed by atoms with Gasteiger partial charge < -0.3 is 16.0 Å². The summed E-state index contributed by atoms with van der Waals surface area (Å²) in [5.74, 6) is -1.75. The van der Waals surface area contributed by atoms with Gasteiger partial charge in [0.05, 0.1) is 12.8 Å². The van der Waals surface area contributed by atoms with E-state index in [1.54, 1.807) is 0 Å². The minimum Gasteiger partial charge on any atom is -0.364 e. The highest BCUT2D eigenvalue weighted by Crippen LogP contribution is 2.34. The Hall–Kier alpha value is -4.01. The topological polar surface area (TPSA) is 142 Å². The van der Waals surface area contributed by atoms with Crippen LogP contribution in [0.1, 0.15) is 25.7 Å². The van der Waals surface area contributed by atoms with Crippen molar-refractivity contribution in [3.05, 3.63) is 59.7 Å². The third-order valence-electron chi connectivity index (χ3n) is 4.58. The van der Waals surface area contributed by atoms with Gasteiger partial charge in [-0.2, -0.15) is 18.2 Å². The van der Waals surface area contributed by atoms with Crippen molar-refractivity contribution < 1.29 is 30.5 Å². The van der Waals surface area contributed by atoms with Crippen molar-refractivity contribution in [1.29, 1.82) is 0 Å². The van der Waals surface area contributed by atoms with Gasteiger partial charge in [0.15, 0.2) is 5.82 Å². The lowest BCUT2D eigenvalue weighted by molar-refractivity contribution is -0.137. The van der Waals surface area contributed by atoms with Crippen molar-refractivity contribution in [2.24, 2.45) is 0 Å². The van der Waals surface area contributed by atoms with Gasteiger partial charge in [0, 0.05) is 48.0 Å². The molecule has 3 rings (SSSR count). The molecule has 15 heteroatoms. The zero-order valence-corrected chi connectivity index (χ0v) is 19.1. The minimum atomic E-state index is -4.81. The number of nitrogens with one attached hydrogen (secondary N) is 3. The van der Waals surface area contributed by atoms with Crippen molar-refractivity contribution >= 4 is 39.2 Å². The van der Waals surface area contributed by atoms with Crippen LogP contribution in [-0.4, -0.2) is 54.5 Å². The Balaban J connectivity index is 1.84. The molecule has 0 aliphatic heterocycles. The molecule has 0 fully saturated rings. The van der Waals surface area contributed by atoms with Gasteiger partial charge in [-0.1, -0.05) is 0 Å². The maximum absolute atomic E-state index is 13.6. The summed E-state index contributed by atoms with van der Waals surface area (Å²) in [7, 11) is -2.49. The van der Waals surface area contributed by atoms with E-state index in [0.717, 1.165) is 10.6 Å². The largest absolute Gasteiger partial charge is 0.421 e. The molecule has 0 atom stereocenters. The second-order valence-electron chi connectivity index (χ2n) is 7.02. The lowest BCUT2D eigenvalue weighted by Crippen LogP contribution is -2.27. The van der Waals surface area contributed by atoms with Crippen molar-refractivity contribution in [1.82, 2.24) is 25.3 Å². The average Bonchev–Trinajstić information content (AvgIpc) is 2.80. The van der Waals surface area contributed by atoms with Gasteiger partial charge in [0.25, 0.3) is 5.91 Å². The second-order valence-corrected chi connectivity index (χ2v) is 9.03. The maximum Gasteiger partial charge on any atom is 0.421 e. The Morgan fingerprint density at radius 3 is 2.46 bits per heavy atom. The zero-order valence-electron chi connectivity index (χ0n) is 21.3. The molecule has 0 saturated heterocycles. The third-order valence-corrected chi connectivity index (χ3v) is 5.75. The number of carbonyl (C=O) groups excluding carboxylic acids is 1. The van der Waals surface area contributed by atoms with Gasteiger partial charge >= 0.3 is 6.18 Å². The number of benzene rings is 1. The molecule has 0 aliphatic carbocycles. The molecule has 0 radical (unpaired) electrons. The molecule has 0 spiro atoms. The van der Waals surface area contributed by atoms with Crippen molar-refractivity contribution in [2.45, 2.75) is 12.7 Å². The van der Waals surface area contributed by atoms with Gasteiger partial charge in [-0.05, 0) is 24.3 Å². The van der Waals surface area contributed by atoms with E-state index in [1.165, 1.54) is 43.7 Å². The fraction of sp³-hybridized carbons (Fsp3) is 0.250. The molecule has 0 bridgehead atoms. The van der Waals surface area contributed by atoms with Crippen molar-refractivity contribution in [3.8, 4) is 0 Å². The molecule has 11 nitrogen and oxygen atoms in total. The molecule has 2 aromatic heterocycles. The first-order valence-electron chi connectivity index (χ1n) is 11.2. The van der Waals surface area contributed by atoms with Gasteiger partial charge in [-0.3, -0.25) is 14.1 Å². The molecule has 1 amide bonds.